The summed E-state index contributed by atoms with van der Waals surface area (Å²) in [5.41, 5.74) is -0.398. The second-order valence-electron chi connectivity index (χ2n) is 10.8. The third-order valence-corrected chi connectivity index (χ3v) is 5.97. The minimum atomic E-state index is -0.862. The number of amides is 4. The highest BCUT2D eigenvalue weighted by molar-refractivity contribution is 6.02. The molecule has 2 aliphatic heterocycles. The van der Waals surface area contributed by atoms with Gasteiger partial charge in [-0.25, -0.2) is 9.59 Å². The van der Waals surface area contributed by atoms with Crippen LogP contribution in [0.25, 0.3) is 0 Å². The van der Waals surface area contributed by atoms with Crippen molar-refractivity contribution in [2.75, 3.05) is 26.4 Å². The third-order valence-electron chi connectivity index (χ3n) is 5.97. The average Bonchev–Trinajstić information content (AvgIpc) is 3.44. The topological polar surface area (TPSA) is 209 Å². The average molecular weight is 631 g/mol. The molecule has 0 radical (unpaired) electrons. The van der Waals surface area contributed by atoms with Crippen LogP contribution in [-0.2, 0) is 62.2 Å². The Balaban J connectivity index is 0.000000470. The summed E-state index contributed by atoms with van der Waals surface area (Å²) in [6.45, 7) is 8.51. The number of hydrogen-bond donors (Lipinski definition) is 1. The number of esters is 2. The number of carbonyl (C=O) groups excluding carboxylic acids is 8. The zero-order chi connectivity index (χ0) is 33.3. The van der Waals surface area contributed by atoms with Crippen molar-refractivity contribution < 1.29 is 67.3 Å². The van der Waals surface area contributed by atoms with E-state index in [-0.39, 0.29) is 71.2 Å². The summed E-state index contributed by atoms with van der Waals surface area (Å²) in [5, 5.41) is 9.27. The van der Waals surface area contributed by atoms with E-state index in [2.05, 4.69) is 28.3 Å². The summed E-state index contributed by atoms with van der Waals surface area (Å²) in [4.78, 5) is 99.6. The largest absolute Gasteiger partial charge is 0.466 e. The minimum absolute atomic E-state index is 0.0185. The van der Waals surface area contributed by atoms with Gasteiger partial charge in [0.2, 0.25) is 0 Å². The minimum Gasteiger partial charge on any atom is -0.466 e. The number of nitrogens with zero attached hydrogens (tertiary/aromatic N) is 2. The third kappa shape index (κ3) is 15.5. The standard InChI is InChI=1S/C18H29NO7.C10H13NO7/c1-13(2)9-11-25-18(3,4)10-12-24-16(22)7-8-17(23)26-19-14(20)5-6-15(19)21;12-5-6-17-9(15)3-4-10(16)18-11-7(13)1-2-8(11)14/h13H,5-12H2,1-4H3;12H,1-6H2. The predicted molar refractivity (Wildman–Crippen MR) is 146 cm³/mol. The fraction of sp³-hybridized carbons (Fsp3) is 0.714. The van der Waals surface area contributed by atoms with E-state index in [1.807, 2.05) is 13.8 Å². The molecule has 2 saturated heterocycles. The SMILES string of the molecule is CC(C)CCOC(C)(C)CCOC(=O)CCC(=O)ON1C(=O)CCC1=O.O=C(CCC(=O)ON1C(=O)CCC1=O)OCCO. The molecule has 2 heterocycles. The van der Waals surface area contributed by atoms with Crippen molar-refractivity contribution in [3.63, 3.8) is 0 Å². The van der Waals surface area contributed by atoms with E-state index in [4.69, 9.17) is 14.6 Å². The van der Waals surface area contributed by atoms with E-state index in [0.29, 0.717) is 29.1 Å². The van der Waals surface area contributed by atoms with Crippen LogP contribution in [0, 0.1) is 5.92 Å². The highest BCUT2D eigenvalue weighted by Crippen LogP contribution is 2.17. The molecule has 44 heavy (non-hydrogen) atoms. The molecular weight excluding hydrogens is 588 g/mol. The summed E-state index contributed by atoms with van der Waals surface area (Å²) >= 11 is 0. The molecule has 0 bridgehead atoms. The van der Waals surface area contributed by atoms with Crippen LogP contribution in [-0.4, -0.2) is 94.8 Å². The van der Waals surface area contributed by atoms with E-state index in [0.717, 1.165) is 6.42 Å². The van der Waals surface area contributed by atoms with Gasteiger partial charge in [-0.15, -0.1) is 10.1 Å². The number of aliphatic hydroxyl groups excluding tert-OH is 1. The molecule has 0 aromatic heterocycles. The van der Waals surface area contributed by atoms with E-state index >= 15 is 0 Å². The first-order chi connectivity index (χ1) is 20.6. The van der Waals surface area contributed by atoms with Crippen LogP contribution in [0.5, 0.6) is 0 Å². The number of aliphatic hydroxyl groups is 1. The first kappa shape index (κ1) is 38.1. The molecule has 2 aliphatic rings. The lowest BCUT2D eigenvalue weighted by Gasteiger charge is -2.25. The summed E-state index contributed by atoms with van der Waals surface area (Å²) in [5.74, 6) is -4.57. The number of imide groups is 2. The van der Waals surface area contributed by atoms with E-state index in [1.165, 1.54) is 0 Å². The first-order valence-corrected chi connectivity index (χ1v) is 14.3. The van der Waals surface area contributed by atoms with E-state index in [1.54, 1.807) is 0 Å². The second-order valence-corrected chi connectivity index (χ2v) is 10.8. The molecule has 0 spiro atoms. The number of rotatable bonds is 17. The Hall–Kier alpha value is -3.92. The zero-order valence-corrected chi connectivity index (χ0v) is 25.6. The van der Waals surface area contributed by atoms with Crippen molar-refractivity contribution in [3.05, 3.63) is 0 Å². The molecular formula is C28H42N2O14. The molecule has 0 aromatic rings. The van der Waals surface area contributed by atoms with E-state index in [9.17, 15) is 38.4 Å². The first-order valence-electron chi connectivity index (χ1n) is 14.3. The zero-order valence-electron chi connectivity index (χ0n) is 25.6. The quantitative estimate of drug-likeness (QED) is 0.176. The maximum atomic E-state index is 11.7. The van der Waals surface area contributed by atoms with Gasteiger partial charge in [-0.3, -0.25) is 28.8 Å². The van der Waals surface area contributed by atoms with Crippen molar-refractivity contribution in [2.24, 2.45) is 5.92 Å². The van der Waals surface area contributed by atoms with Crippen LogP contribution in [0.2, 0.25) is 0 Å². The van der Waals surface area contributed by atoms with Crippen LogP contribution in [0.4, 0.5) is 0 Å². The highest BCUT2D eigenvalue weighted by atomic mass is 16.7. The van der Waals surface area contributed by atoms with Crippen LogP contribution in [0.1, 0.15) is 91.9 Å². The highest BCUT2D eigenvalue weighted by Gasteiger charge is 2.34. The van der Waals surface area contributed by atoms with Crippen LogP contribution in [0.3, 0.4) is 0 Å². The van der Waals surface area contributed by atoms with Gasteiger partial charge in [-0.1, -0.05) is 13.8 Å². The molecule has 4 amide bonds. The molecule has 0 unspecified atom stereocenters. The molecule has 1 N–H and O–H groups in total. The van der Waals surface area contributed by atoms with Gasteiger partial charge in [-0.2, -0.15) is 0 Å². The molecule has 16 heteroatoms. The molecule has 0 aliphatic carbocycles. The van der Waals surface area contributed by atoms with Gasteiger partial charge in [0.1, 0.15) is 6.61 Å². The lowest BCUT2D eigenvalue weighted by molar-refractivity contribution is -0.197. The van der Waals surface area contributed by atoms with Crippen molar-refractivity contribution >= 4 is 47.5 Å². The molecule has 0 aromatic carbocycles. The van der Waals surface area contributed by atoms with Gasteiger partial charge in [0.05, 0.1) is 44.5 Å². The molecule has 2 fully saturated rings. The van der Waals surface area contributed by atoms with Gasteiger partial charge in [-0.05, 0) is 26.2 Å². The van der Waals surface area contributed by atoms with Crippen LogP contribution < -0.4 is 0 Å². The summed E-state index contributed by atoms with van der Waals surface area (Å²) in [7, 11) is 0. The number of hydroxylamine groups is 4. The molecule has 2 rings (SSSR count). The van der Waals surface area contributed by atoms with Crippen molar-refractivity contribution in [3.8, 4) is 0 Å². The van der Waals surface area contributed by atoms with Gasteiger partial charge in [0, 0.05) is 38.7 Å². The molecule has 0 atom stereocenters. The maximum Gasteiger partial charge on any atom is 0.333 e. The normalized spacial score (nSPS) is 14.9. The Bertz CT molecular complexity index is 1020. The van der Waals surface area contributed by atoms with Crippen LogP contribution in [0.15, 0.2) is 0 Å². The Labute approximate surface area is 255 Å². The fourth-order valence-electron chi connectivity index (χ4n) is 3.38. The maximum absolute atomic E-state index is 11.7. The van der Waals surface area contributed by atoms with E-state index < -0.39 is 53.1 Å². The van der Waals surface area contributed by atoms with Crippen molar-refractivity contribution in [1.29, 1.82) is 0 Å². The molecule has 16 nitrogen and oxygen atoms in total. The molecule has 0 saturated carbocycles. The number of carbonyl (C=O) groups is 8. The van der Waals surface area contributed by atoms with Gasteiger partial charge < -0.3 is 29.0 Å². The number of ether oxygens (including phenoxy) is 3. The lowest BCUT2D eigenvalue weighted by atomic mass is 10.1. The Morgan fingerprint density at radius 2 is 1.07 bits per heavy atom. The smallest absolute Gasteiger partial charge is 0.333 e. The van der Waals surface area contributed by atoms with Gasteiger partial charge >= 0.3 is 23.9 Å². The van der Waals surface area contributed by atoms with Crippen molar-refractivity contribution in [1.82, 2.24) is 10.1 Å². The Kier molecular flexibility index (Phi) is 16.8. The number of hydrogen-bond acceptors (Lipinski definition) is 14. The monoisotopic (exact) mass is 630 g/mol. The summed E-state index contributed by atoms with van der Waals surface area (Å²) in [6, 6.07) is 0. The lowest BCUT2D eigenvalue weighted by Crippen LogP contribution is -2.32. The molecule has 248 valence electrons. The Morgan fingerprint density at radius 1 is 0.682 bits per heavy atom. The van der Waals surface area contributed by atoms with Crippen LogP contribution >= 0.6 is 0 Å². The van der Waals surface area contributed by atoms with Gasteiger partial charge in [0.25, 0.3) is 23.6 Å². The summed E-state index contributed by atoms with van der Waals surface area (Å²) < 4.78 is 15.4. The second kappa shape index (κ2) is 19.4. The van der Waals surface area contributed by atoms with Gasteiger partial charge in [0.15, 0.2) is 0 Å². The Morgan fingerprint density at radius 3 is 1.45 bits per heavy atom. The predicted octanol–water partition coefficient (Wildman–Crippen LogP) is 1.06. The fourth-order valence-corrected chi connectivity index (χ4v) is 3.38. The van der Waals surface area contributed by atoms with Crippen molar-refractivity contribution in [2.45, 2.75) is 97.5 Å². The summed E-state index contributed by atoms with van der Waals surface area (Å²) in [6.07, 6.45) is 0.622.